The molecular formula is C12H19N3O. The van der Waals surface area contributed by atoms with E-state index < -0.39 is 5.91 Å². The minimum Gasteiger partial charge on any atom is -0.367 e. The average Bonchev–Trinajstić information content (AvgIpc) is 2.29. The van der Waals surface area contributed by atoms with Crippen LogP contribution in [0.5, 0.6) is 0 Å². The van der Waals surface area contributed by atoms with Gasteiger partial charge in [-0.1, -0.05) is 20.3 Å². The van der Waals surface area contributed by atoms with Crippen LogP contribution < -0.4 is 11.1 Å². The number of nitrogens with zero attached hydrogens (tertiary/aromatic N) is 1. The van der Waals surface area contributed by atoms with E-state index in [-0.39, 0.29) is 0 Å². The lowest BCUT2D eigenvalue weighted by Gasteiger charge is -2.16. The number of carbonyl (C=O) groups excluding carboxylic acids is 1. The van der Waals surface area contributed by atoms with Crippen LogP contribution in [0.2, 0.25) is 0 Å². The highest BCUT2D eigenvalue weighted by Crippen LogP contribution is 2.10. The van der Waals surface area contributed by atoms with Gasteiger partial charge in [0.05, 0.1) is 5.56 Å². The van der Waals surface area contributed by atoms with Crippen molar-refractivity contribution in [1.82, 2.24) is 4.98 Å². The van der Waals surface area contributed by atoms with E-state index in [1.165, 1.54) is 6.20 Å². The zero-order chi connectivity index (χ0) is 12.0. The second-order valence-corrected chi connectivity index (χ2v) is 3.83. The van der Waals surface area contributed by atoms with E-state index in [0.717, 1.165) is 25.1 Å². The highest BCUT2D eigenvalue weighted by atomic mass is 16.1. The third-order valence-electron chi connectivity index (χ3n) is 2.53. The van der Waals surface area contributed by atoms with Gasteiger partial charge in [-0.15, -0.1) is 0 Å². The Hall–Kier alpha value is -1.58. The van der Waals surface area contributed by atoms with Gasteiger partial charge in [0, 0.05) is 12.2 Å². The zero-order valence-electron chi connectivity index (χ0n) is 9.86. The number of nitrogens with two attached hydrogens (primary N) is 1. The van der Waals surface area contributed by atoms with Crippen LogP contribution in [0.1, 0.15) is 43.5 Å². The number of hydrogen-bond donors (Lipinski definition) is 2. The maximum Gasteiger partial charge on any atom is 0.250 e. The number of carbonyl (C=O) groups is 1. The Morgan fingerprint density at radius 3 is 2.69 bits per heavy atom. The largest absolute Gasteiger partial charge is 0.367 e. The fraction of sp³-hybridized carbons (Fsp3) is 0.500. The number of pyridine rings is 1. The second-order valence-electron chi connectivity index (χ2n) is 3.83. The van der Waals surface area contributed by atoms with Gasteiger partial charge in [-0.05, 0) is 25.0 Å². The molecule has 3 N–H and O–H groups in total. The van der Waals surface area contributed by atoms with Gasteiger partial charge in [-0.25, -0.2) is 4.98 Å². The molecule has 88 valence electrons. The Labute approximate surface area is 96.3 Å². The second kappa shape index (κ2) is 6.10. The van der Waals surface area contributed by atoms with Gasteiger partial charge in [0.25, 0.3) is 0 Å². The molecule has 1 heterocycles. The maximum absolute atomic E-state index is 10.9. The number of primary amides is 1. The minimum absolute atomic E-state index is 0.439. The third kappa shape index (κ3) is 3.53. The van der Waals surface area contributed by atoms with Gasteiger partial charge in [-0.2, -0.15) is 0 Å². The zero-order valence-corrected chi connectivity index (χ0v) is 9.86. The molecular weight excluding hydrogens is 202 g/mol. The molecule has 1 rings (SSSR count). The first-order chi connectivity index (χ1) is 7.67. The first kappa shape index (κ1) is 12.5. The predicted molar refractivity (Wildman–Crippen MR) is 65.4 cm³/mol. The molecule has 1 unspecified atom stereocenters. The first-order valence-corrected chi connectivity index (χ1v) is 5.69. The van der Waals surface area contributed by atoms with Crippen molar-refractivity contribution in [2.45, 2.75) is 39.2 Å². The minimum atomic E-state index is -0.445. The lowest BCUT2D eigenvalue weighted by molar-refractivity contribution is 0.1000. The molecule has 16 heavy (non-hydrogen) atoms. The summed E-state index contributed by atoms with van der Waals surface area (Å²) in [6, 6.07) is 3.92. The van der Waals surface area contributed by atoms with Gasteiger partial charge < -0.3 is 11.1 Å². The van der Waals surface area contributed by atoms with Crippen molar-refractivity contribution < 1.29 is 4.79 Å². The van der Waals surface area contributed by atoms with E-state index in [1.807, 2.05) is 0 Å². The lowest BCUT2D eigenvalue weighted by Crippen LogP contribution is -2.19. The molecule has 1 atom stereocenters. The molecule has 0 bridgehead atoms. The maximum atomic E-state index is 10.9. The van der Waals surface area contributed by atoms with Crippen molar-refractivity contribution in [2.24, 2.45) is 5.73 Å². The number of hydrogen-bond acceptors (Lipinski definition) is 3. The highest BCUT2D eigenvalue weighted by molar-refractivity contribution is 5.92. The summed E-state index contributed by atoms with van der Waals surface area (Å²) in [5.74, 6) is 0.352. The average molecular weight is 221 g/mol. The van der Waals surface area contributed by atoms with Gasteiger partial charge in [0.2, 0.25) is 5.91 Å². The lowest BCUT2D eigenvalue weighted by atomic mass is 10.1. The fourth-order valence-corrected chi connectivity index (χ4v) is 1.56. The molecule has 1 amide bonds. The molecule has 4 nitrogen and oxygen atoms in total. The Kier molecular flexibility index (Phi) is 4.76. The Bertz CT molecular complexity index is 335. The van der Waals surface area contributed by atoms with Gasteiger partial charge >= 0.3 is 0 Å². The van der Waals surface area contributed by atoms with Gasteiger partial charge in [0.15, 0.2) is 0 Å². The van der Waals surface area contributed by atoms with Gasteiger partial charge in [0.1, 0.15) is 5.82 Å². The van der Waals surface area contributed by atoms with Crippen molar-refractivity contribution in [3.8, 4) is 0 Å². The fourth-order valence-electron chi connectivity index (χ4n) is 1.56. The summed E-state index contributed by atoms with van der Waals surface area (Å²) < 4.78 is 0. The third-order valence-corrected chi connectivity index (χ3v) is 2.53. The van der Waals surface area contributed by atoms with Crippen LogP contribution in [0.3, 0.4) is 0 Å². The monoisotopic (exact) mass is 221 g/mol. The van der Waals surface area contributed by atoms with E-state index in [0.29, 0.717) is 11.6 Å². The molecule has 0 aliphatic rings. The molecule has 0 radical (unpaired) electrons. The first-order valence-electron chi connectivity index (χ1n) is 5.69. The molecule has 0 fully saturated rings. The molecule has 0 aliphatic carbocycles. The standard InChI is InChI=1S/C12H19N3O/c1-3-5-10(4-2)15-11-7-6-9(8-14-11)12(13)16/h6-8,10H,3-5H2,1-2H3,(H2,13,16)(H,14,15). The smallest absolute Gasteiger partial charge is 0.250 e. The topological polar surface area (TPSA) is 68.0 Å². The highest BCUT2D eigenvalue weighted by Gasteiger charge is 2.06. The van der Waals surface area contributed by atoms with Crippen LogP contribution in [0.25, 0.3) is 0 Å². The van der Waals surface area contributed by atoms with E-state index in [1.54, 1.807) is 12.1 Å². The number of amides is 1. The Balaban J connectivity index is 2.63. The van der Waals surface area contributed by atoms with Crippen LogP contribution in [0, 0.1) is 0 Å². The van der Waals surface area contributed by atoms with E-state index >= 15 is 0 Å². The predicted octanol–water partition coefficient (Wildman–Crippen LogP) is 2.17. The van der Waals surface area contributed by atoms with Crippen LogP contribution in [0.4, 0.5) is 5.82 Å². The van der Waals surface area contributed by atoms with E-state index in [4.69, 9.17) is 5.73 Å². The number of nitrogens with one attached hydrogen (secondary N) is 1. The molecule has 0 saturated carbocycles. The van der Waals surface area contributed by atoms with Crippen LogP contribution in [-0.2, 0) is 0 Å². The van der Waals surface area contributed by atoms with Gasteiger partial charge in [-0.3, -0.25) is 4.79 Å². The van der Waals surface area contributed by atoms with Crippen molar-refractivity contribution in [3.05, 3.63) is 23.9 Å². The summed E-state index contributed by atoms with van der Waals surface area (Å²) >= 11 is 0. The number of aromatic nitrogens is 1. The number of anilines is 1. The van der Waals surface area contributed by atoms with Crippen molar-refractivity contribution in [1.29, 1.82) is 0 Å². The molecule has 1 aromatic rings. The Morgan fingerprint density at radius 1 is 1.50 bits per heavy atom. The summed E-state index contributed by atoms with van der Waals surface area (Å²) in [6.07, 6.45) is 4.83. The molecule has 4 heteroatoms. The summed E-state index contributed by atoms with van der Waals surface area (Å²) in [4.78, 5) is 15.0. The SMILES string of the molecule is CCCC(CC)Nc1ccc(C(N)=O)cn1. The van der Waals surface area contributed by atoms with Crippen molar-refractivity contribution >= 4 is 11.7 Å². The summed E-state index contributed by atoms with van der Waals surface area (Å²) in [5, 5.41) is 3.33. The van der Waals surface area contributed by atoms with Crippen LogP contribution >= 0.6 is 0 Å². The molecule has 0 aromatic carbocycles. The number of rotatable bonds is 6. The van der Waals surface area contributed by atoms with Crippen LogP contribution in [0.15, 0.2) is 18.3 Å². The van der Waals surface area contributed by atoms with Crippen LogP contribution in [-0.4, -0.2) is 16.9 Å². The summed E-state index contributed by atoms with van der Waals surface area (Å²) in [5.41, 5.74) is 5.58. The molecule has 1 aromatic heterocycles. The summed E-state index contributed by atoms with van der Waals surface area (Å²) in [7, 11) is 0. The molecule has 0 aliphatic heterocycles. The normalized spacial score (nSPS) is 12.1. The molecule has 0 spiro atoms. The summed E-state index contributed by atoms with van der Waals surface area (Å²) in [6.45, 7) is 4.30. The van der Waals surface area contributed by atoms with Crippen molar-refractivity contribution in [2.75, 3.05) is 5.32 Å². The Morgan fingerprint density at radius 2 is 2.25 bits per heavy atom. The quantitative estimate of drug-likeness (QED) is 0.773. The molecule has 0 saturated heterocycles. The van der Waals surface area contributed by atoms with E-state index in [9.17, 15) is 4.79 Å². The van der Waals surface area contributed by atoms with Crippen molar-refractivity contribution in [3.63, 3.8) is 0 Å². The van der Waals surface area contributed by atoms with E-state index in [2.05, 4.69) is 24.1 Å².